The van der Waals surface area contributed by atoms with Crippen LogP contribution in [0.2, 0.25) is 0 Å². The molecule has 0 fully saturated rings. The molecule has 6 nitrogen and oxygen atoms in total. The molecule has 0 saturated carbocycles. The molecule has 6 heteroatoms. The van der Waals surface area contributed by atoms with Gasteiger partial charge in [0.1, 0.15) is 11.6 Å². The van der Waals surface area contributed by atoms with E-state index in [9.17, 15) is 10.1 Å². The predicted octanol–water partition coefficient (Wildman–Crippen LogP) is 0.953. The summed E-state index contributed by atoms with van der Waals surface area (Å²) < 4.78 is 5.02. The highest BCUT2D eigenvalue weighted by molar-refractivity contribution is 6.00. The molecule has 1 aliphatic rings. The number of nitrogens with one attached hydrogen (secondary N) is 1. The fourth-order valence-corrected chi connectivity index (χ4v) is 1.53. The largest absolute Gasteiger partial charge is 0.496 e. The summed E-state index contributed by atoms with van der Waals surface area (Å²) in [4.78, 5) is 14.5. The summed E-state index contributed by atoms with van der Waals surface area (Å²) >= 11 is 0. The van der Waals surface area contributed by atoms with Crippen LogP contribution in [0.25, 0.3) is 0 Å². The maximum atomic E-state index is 10.7. The lowest BCUT2D eigenvalue weighted by Crippen LogP contribution is -2.19. The number of hydrogen-bond acceptors (Lipinski definition) is 5. The Labute approximate surface area is 92.1 Å². The van der Waals surface area contributed by atoms with E-state index in [4.69, 9.17) is 4.74 Å². The van der Waals surface area contributed by atoms with Crippen molar-refractivity contribution in [2.24, 2.45) is 4.99 Å². The number of nitro benzene ring substituents is 1. The van der Waals surface area contributed by atoms with E-state index < -0.39 is 4.92 Å². The van der Waals surface area contributed by atoms with E-state index in [1.807, 2.05) is 0 Å². The van der Waals surface area contributed by atoms with Gasteiger partial charge in [0.05, 0.1) is 24.6 Å². The van der Waals surface area contributed by atoms with Crippen molar-refractivity contribution in [1.29, 1.82) is 0 Å². The van der Waals surface area contributed by atoms with Gasteiger partial charge in [-0.25, -0.2) is 0 Å². The summed E-state index contributed by atoms with van der Waals surface area (Å²) in [5.74, 6) is 1.14. The van der Waals surface area contributed by atoms with Gasteiger partial charge in [-0.05, 0) is 6.07 Å². The van der Waals surface area contributed by atoms with Crippen LogP contribution in [-0.2, 0) is 0 Å². The molecular weight excluding hydrogens is 210 g/mol. The molecule has 0 aromatic heterocycles. The molecule has 1 aromatic rings. The number of aliphatic imine (C=N–C) groups is 1. The van der Waals surface area contributed by atoms with E-state index in [0.717, 1.165) is 6.54 Å². The van der Waals surface area contributed by atoms with E-state index >= 15 is 0 Å². The molecule has 1 heterocycles. The molecule has 0 amide bonds. The van der Waals surface area contributed by atoms with Gasteiger partial charge >= 0.3 is 0 Å². The van der Waals surface area contributed by atoms with Crippen LogP contribution in [0.4, 0.5) is 5.69 Å². The van der Waals surface area contributed by atoms with Gasteiger partial charge in [0.15, 0.2) is 0 Å². The summed E-state index contributed by atoms with van der Waals surface area (Å²) in [5.41, 5.74) is 0.689. The van der Waals surface area contributed by atoms with E-state index in [2.05, 4.69) is 10.3 Å². The zero-order chi connectivity index (χ0) is 11.5. The third kappa shape index (κ3) is 1.95. The zero-order valence-corrected chi connectivity index (χ0v) is 8.77. The van der Waals surface area contributed by atoms with Crippen molar-refractivity contribution in [2.75, 3.05) is 20.2 Å². The molecular formula is C10H11N3O3. The number of hydrogen-bond donors (Lipinski definition) is 1. The lowest BCUT2D eigenvalue weighted by atomic mass is 10.1. The first kappa shape index (κ1) is 10.4. The maximum absolute atomic E-state index is 10.7. The number of nitrogens with zero attached hydrogens (tertiary/aromatic N) is 2. The minimum Gasteiger partial charge on any atom is -0.496 e. The second kappa shape index (κ2) is 4.18. The van der Waals surface area contributed by atoms with E-state index in [0.29, 0.717) is 23.7 Å². The van der Waals surface area contributed by atoms with Gasteiger partial charge in [0.2, 0.25) is 0 Å². The number of ether oxygens (including phenoxy) is 1. The molecule has 16 heavy (non-hydrogen) atoms. The van der Waals surface area contributed by atoms with Crippen LogP contribution in [0.5, 0.6) is 5.75 Å². The number of methoxy groups -OCH3 is 1. The van der Waals surface area contributed by atoms with Gasteiger partial charge in [-0.2, -0.15) is 0 Å². The smallest absolute Gasteiger partial charge is 0.273 e. The second-order valence-corrected chi connectivity index (χ2v) is 3.33. The fourth-order valence-electron chi connectivity index (χ4n) is 1.53. The predicted molar refractivity (Wildman–Crippen MR) is 59.1 cm³/mol. The van der Waals surface area contributed by atoms with Crippen LogP contribution in [0.3, 0.4) is 0 Å². The van der Waals surface area contributed by atoms with Crippen molar-refractivity contribution in [2.45, 2.75) is 0 Å². The van der Waals surface area contributed by atoms with Gasteiger partial charge in [-0.15, -0.1) is 0 Å². The van der Waals surface area contributed by atoms with Crippen LogP contribution in [0.1, 0.15) is 5.56 Å². The van der Waals surface area contributed by atoms with Crippen molar-refractivity contribution in [3.05, 3.63) is 33.9 Å². The average molecular weight is 221 g/mol. The summed E-state index contributed by atoms with van der Waals surface area (Å²) in [6.45, 7) is 1.46. The summed E-state index contributed by atoms with van der Waals surface area (Å²) in [6, 6.07) is 4.60. The Morgan fingerprint density at radius 2 is 2.31 bits per heavy atom. The quantitative estimate of drug-likeness (QED) is 0.609. The van der Waals surface area contributed by atoms with Gasteiger partial charge in [-0.1, -0.05) is 0 Å². The summed E-state index contributed by atoms with van der Waals surface area (Å²) in [5, 5.41) is 13.8. The van der Waals surface area contributed by atoms with Crippen molar-refractivity contribution >= 4 is 11.5 Å². The third-order valence-corrected chi connectivity index (χ3v) is 2.29. The van der Waals surface area contributed by atoms with Crippen LogP contribution in [0, 0.1) is 10.1 Å². The molecule has 0 atom stereocenters. The summed E-state index contributed by atoms with van der Waals surface area (Å²) in [7, 11) is 1.48. The number of rotatable bonds is 3. The highest BCUT2D eigenvalue weighted by Gasteiger charge is 2.15. The Balaban J connectivity index is 2.44. The van der Waals surface area contributed by atoms with Gasteiger partial charge in [-0.3, -0.25) is 15.1 Å². The first-order chi connectivity index (χ1) is 7.70. The van der Waals surface area contributed by atoms with E-state index in [1.165, 1.54) is 19.2 Å². The molecule has 1 N–H and O–H groups in total. The number of nitro groups is 1. The lowest BCUT2D eigenvalue weighted by molar-refractivity contribution is -0.384. The molecule has 0 radical (unpaired) electrons. The molecule has 0 aliphatic carbocycles. The minimum absolute atomic E-state index is 0.00532. The molecule has 0 bridgehead atoms. The van der Waals surface area contributed by atoms with Crippen molar-refractivity contribution in [3.8, 4) is 5.75 Å². The Kier molecular flexibility index (Phi) is 2.72. The normalized spacial score (nSPS) is 14.2. The average Bonchev–Trinajstić information content (AvgIpc) is 2.81. The van der Waals surface area contributed by atoms with Crippen LogP contribution >= 0.6 is 0 Å². The lowest BCUT2D eigenvalue weighted by Gasteiger charge is -2.05. The second-order valence-electron chi connectivity index (χ2n) is 3.33. The Hall–Kier alpha value is -2.11. The van der Waals surface area contributed by atoms with Crippen LogP contribution in [0.15, 0.2) is 23.2 Å². The standard InChI is InChI=1S/C10H11N3O3/c1-16-9-5-7(10-11-2-3-12-10)4-8(6-9)13(14)15/h4-6H,2-3H2,1H3,(H,11,12). The number of non-ortho nitro benzene ring substituents is 1. The third-order valence-electron chi connectivity index (χ3n) is 2.29. The fraction of sp³-hybridized carbons (Fsp3) is 0.300. The first-order valence-electron chi connectivity index (χ1n) is 4.83. The molecule has 2 rings (SSSR count). The van der Waals surface area contributed by atoms with Gasteiger partial charge < -0.3 is 10.1 Å². The highest BCUT2D eigenvalue weighted by Crippen LogP contribution is 2.23. The summed E-state index contributed by atoms with van der Waals surface area (Å²) in [6.07, 6.45) is 0. The first-order valence-corrected chi connectivity index (χ1v) is 4.83. The Bertz CT molecular complexity index is 457. The van der Waals surface area contributed by atoms with Crippen molar-refractivity contribution < 1.29 is 9.66 Å². The topological polar surface area (TPSA) is 76.8 Å². The van der Waals surface area contributed by atoms with Crippen molar-refractivity contribution in [3.63, 3.8) is 0 Å². The highest BCUT2D eigenvalue weighted by atomic mass is 16.6. The molecule has 84 valence electrons. The molecule has 0 spiro atoms. The SMILES string of the molecule is COc1cc(C2=NCCN2)cc([N+](=O)[O-])c1. The van der Waals surface area contributed by atoms with Crippen molar-refractivity contribution in [1.82, 2.24) is 5.32 Å². The zero-order valence-electron chi connectivity index (χ0n) is 8.77. The molecule has 1 aromatic carbocycles. The van der Waals surface area contributed by atoms with Crippen LogP contribution in [-0.4, -0.2) is 31.0 Å². The number of amidine groups is 1. The van der Waals surface area contributed by atoms with Gasteiger partial charge in [0.25, 0.3) is 5.69 Å². The molecule has 0 unspecified atom stereocenters. The van der Waals surface area contributed by atoms with Crippen LogP contribution < -0.4 is 10.1 Å². The molecule has 1 aliphatic heterocycles. The monoisotopic (exact) mass is 221 g/mol. The Morgan fingerprint density at radius 1 is 1.50 bits per heavy atom. The van der Waals surface area contributed by atoms with E-state index in [-0.39, 0.29) is 5.69 Å². The minimum atomic E-state index is -0.443. The Morgan fingerprint density at radius 3 is 2.88 bits per heavy atom. The number of benzene rings is 1. The maximum Gasteiger partial charge on any atom is 0.273 e. The van der Waals surface area contributed by atoms with E-state index in [1.54, 1.807) is 6.07 Å². The molecule has 0 saturated heterocycles. The van der Waals surface area contributed by atoms with Gasteiger partial charge in [0, 0.05) is 18.2 Å².